The maximum atomic E-state index is 13.5. The van der Waals surface area contributed by atoms with Gasteiger partial charge in [0.25, 0.3) is 0 Å². The van der Waals surface area contributed by atoms with E-state index < -0.39 is 16.0 Å². The zero-order valence-electron chi connectivity index (χ0n) is 17.8. The Morgan fingerprint density at radius 3 is 2.61 bits per heavy atom. The Kier molecular flexibility index (Phi) is 5.77. The molecular formula is C23H25NO6S. The van der Waals surface area contributed by atoms with E-state index >= 15 is 0 Å². The first-order valence-electron chi connectivity index (χ1n) is 10.2. The van der Waals surface area contributed by atoms with Gasteiger partial charge in [0.15, 0.2) is 0 Å². The Labute approximate surface area is 181 Å². The van der Waals surface area contributed by atoms with Crippen LogP contribution < -0.4 is 4.74 Å². The monoisotopic (exact) mass is 443 g/mol. The number of carbonyl (C=O) groups is 1. The summed E-state index contributed by atoms with van der Waals surface area (Å²) in [6.45, 7) is 4.13. The fraction of sp³-hybridized carbons (Fsp3) is 0.348. The molecule has 0 aliphatic carbocycles. The molecule has 0 amide bonds. The summed E-state index contributed by atoms with van der Waals surface area (Å²) >= 11 is 0. The summed E-state index contributed by atoms with van der Waals surface area (Å²) in [7, 11) is -2.14. The Morgan fingerprint density at radius 1 is 1.19 bits per heavy atom. The van der Waals surface area contributed by atoms with Crippen LogP contribution in [0.2, 0.25) is 0 Å². The number of hydrogen-bond acceptors (Lipinski definition) is 6. The standard InChI is InChI=1S/C23H25NO6S/c1-4-29-23(25)22-15(2)19-14-18(11-12-21(19)30-22)31(26,27)24-13-5-6-20(24)16-7-9-17(28-3)10-8-16/h7-12,14,20H,4-6,13H2,1-3H3/t20-/m0/s1. The van der Waals surface area contributed by atoms with Crippen molar-refractivity contribution in [2.75, 3.05) is 20.3 Å². The van der Waals surface area contributed by atoms with Gasteiger partial charge in [-0.15, -0.1) is 0 Å². The molecular weight excluding hydrogens is 418 g/mol. The largest absolute Gasteiger partial charge is 0.497 e. The minimum atomic E-state index is -3.74. The molecule has 31 heavy (non-hydrogen) atoms. The first-order chi connectivity index (χ1) is 14.9. The summed E-state index contributed by atoms with van der Waals surface area (Å²) in [4.78, 5) is 12.3. The number of carbonyl (C=O) groups excluding carboxylic acids is 1. The van der Waals surface area contributed by atoms with Crippen molar-refractivity contribution >= 4 is 27.0 Å². The van der Waals surface area contributed by atoms with Crippen molar-refractivity contribution in [2.24, 2.45) is 0 Å². The molecule has 4 rings (SSSR count). The SMILES string of the molecule is CCOC(=O)c1oc2ccc(S(=O)(=O)N3CCC[C@H]3c3ccc(OC)cc3)cc2c1C. The topological polar surface area (TPSA) is 86.0 Å². The predicted molar refractivity (Wildman–Crippen MR) is 116 cm³/mol. The van der Waals surface area contributed by atoms with E-state index in [0.29, 0.717) is 23.1 Å². The van der Waals surface area contributed by atoms with Crippen molar-refractivity contribution < 1.29 is 27.1 Å². The van der Waals surface area contributed by atoms with Crippen molar-refractivity contribution in [1.82, 2.24) is 4.31 Å². The van der Waals surface area contributed by atoms with Crippen molar-refractivity contribution in [1.29, 1.82) is 0 Å². The molecule has 0 bridgehead atoms. The average molecular weight is 444 g/mol. The zero-order valence-corrected chi connectivity index (χ0v) is 18.6. The minimum absolute atomic E-state index is 0.101. The van der Waals surface area contributed by atoms with Crippen molar-refractivity contribution in [2.45, 2.75) is 37.6 Å². The van der Waals surface area contributed by atoms with E-state index in [4.69, 9.17) is 13.9 Å². The molecule has 1 saturated heterocycles. The maximum absolute atomic E-state index is 13.5. The molecule has 3 aromatic rings. The van der Waals surface area contributed by atoms with Crippen LogP contribution in [-0.4, -0.2) is 39.0 Å². The van der Waals surface area contributed by atoms with Gasteiger partial charge in [0.2, 0.25) is 15.8 Å². The number of benzene rings is 2. The first-order valence-corrected chi connectivity index (χ1v) is 11.7. The molecule has 0 spiro atoms. The van der Waals surface area contributed by atoms with Gasteiger partial charge in [0.05, 0.1) is 24.7 Å². The third kappa shape index (κ3) is 3.81. The van der Waals surface area contributed by atoms with Gasteiger partial charge in [0.1, 0.15) is 11.3 Å². The summed E-state index contributed by atoms with van der Waals surface area (Å²) in [5.41, 5.74) is 1.96. The van der Waals surface area contributed by atoms with Crippen LogP contribution in [0.5, 0.6) is 5.75 Å². The molecule has 0 radical (unpaired) electrons. The minimum Gasteiger partial charge on any atom is -0.497 e. The van der Waals surface area contributed by atoms with E-state index in [1.54, 1.807) is 37.4 Å². The second kappa shape index (κ2) is 8.36. The van der Waals surface area contributed by atoms with Gasteiger partial charge < -0.3 is 13.9 Å². The zero-order chi connectivity index (χ0) is 22.2. The van der Waals surface area contributed by atoms with Gasteiger partial charge in [-0.2, -0.15) is 4.31 Å². The molecule has 1 atom stereocenters. The number of esters is 1. The van der Waals surface area contributed by atoms with Crippen LogP contribution >= 0.6 is 0 Å². The van der Waals surface area contributed by atoms with Crippen LogP contribution in [0.4, 0.5) is 0 Å². The lowest BCUT2D eigenvalue weighted by Gasteiger charge is -2.24. The van der Waals surface area contributed by atoms with Gasteiger partial charge >= 0.3 is 5.97 Å². The molecule has 0 unspecified atom stereocenters. The van der Waals surface area contributed by atoms with E-state index in [1.165, 1.54) is 6.07 Å². The molecule has 8 heteroatoms. The molecule has 2 heterocycles. The Balaban J connectivity index is 1.70. The highest BCUT2D eigenvalue weighted by Gasteiger charge is 2.36. The van der Waals surface area contributed by atoms with Crippen LogP contribution in [0.15, 0.2) is 51.8 Å². The van der Waals surface area contributed by atoms with Crippen LogP contribution in [0.25, 0.3) is 11.0 Å². The highest BCUT2D eigenvalue weighted by molar-refractivity contribution is 7.89. The lowest BCUT2D eigenvalue weighted by Crippen LogP contribution is -2.30. The number of fused-ring (bicyclic) bond motifs is 1. The first kappa shape index (κ1) is 21.4. The summed E-state index contributed by atoms with van der Waals surface area (Å²) in [6, 6.07) is 12.0. The number of aryl methyl sites for hydroxylation is 1. The van der Waals surface area contributed by atoms with Crippen LogP contribution in [0, 0.1) is 6.92 Å². The molecule has 1 aliphatic heterocycles. The molecule has 164 valence electrons. The highest BCUT2D eigenvalue weighted by Crippen LogP contribution is 2.38. The number of methoxy groups -OCH3 is 1. The lowest BCUT2D eigenvalue weighted by molar-refractivity contribution is 0.0491. The molecule has 1 aliphatic rings. The Hall–Kier alpha value is -2.84. The Morgan fingerprint density at radius 2 is 1.94 bits per heavy atom. The van der Waals surface area contributed by atoms with Gasteiger partial charge in [-0.25, -0.2) is 13.2 Å². The van der Waals surface area contributed by atoms with Gasteiger partial charge in [-0.1, -0.05) is 12.1 Å². The van der Waals surface area contributed by atoms with Gasteiger partial charge in [-0.3, -0.25) is 0 Å². The fourth-order valence-corrected chi connectivity index (χ4v) is 5.78. The lowest BCUT2D eigenvalue weighted by atomic mass is 10.1. The number of nitrogens with zero attached hydrogens (tertiary/aromatic N) is 1. The average Bonchev–Trinajstić information content (AvgIpc) is 3.39. The van der Waals surface area contributed by atoms with Crippen molar-refractivity contribution in [3.05, 3.63) is 59.4 Å². The number of ether oxygens (including phenoxy) is 2. The maximum Gasteiger partial charge on any atom is 0.374 e. The number of sulfonamides is 1. The quantitative estimate of drug-likeness (QED) is 0.523. The number of rotatable bonds is 6. The number of hydrogen-bond donors (Lipinski definition) is 0. The van der Waals surface area contributed by atoms with Gasteiger partial charge in [0, 0.05) is 17.5 Å². The summed E-state index contributed by atoms with van der Waals surface area (Å²) in [6.07, 6.45) is 1.54. The third-order valence-corrected chi connectivity index (χ3v) is 7.58. The van der Waals surface area contributed by atoms with Crippen molar-refractivity contribution in [3.8, 4) is 5.75 Å². The molecule has 2 aromatic carbocycles. The van der Waals surface area contributed by atoms with E-state index in [-0.39, 0.29) is 23.3 Å². The van der Waals surface area contributed by atoms with Crippen LogP contribution in [0.3, 0.4) is 0 Å². The van der Waals surface area contributed by atoms with Gasteiger partial charge in [-0.05, 0) is 62.6 Å². The normalized spacial score (nSPS) is 17.2. The second-order valence-electron chi connectivity index (χ2n) is 7.48. The fourth-order valence-electron chi connectivity index (χ4n) is 4.07. The molecule has 0 saturated carbocycles. The van der Waals surface area contributed by atoms with E-state index in [0.717, 1.165) is 24.2 Å². The van der Waals surface area contributed by atoms with E-state index in [9.17, 15) is 13.2 Å². The van der Waals surface area contributed by atoms with Crippen LogP contribution in [0.1, 0.15) is 47.5 Å². The summed E-state index contributed by atoms with van der Waals surface area (Å²) in [5, 5.41) is 0.587. The molecule has 1 aromatic heterocycles. The third-order valence-electron chi connectivity index (χ3n) is 5.68. The van der Waals surface area contributed by atoms with E-state index in [1.807, 2.05) is 24.3 Å². The highest BCUT2D eigenvalue weighted by atomic mass is 32.2. The summed E-state index contributed by atoms with van der Waals surface area (Å²) < 4.78 is 44.5. The smallest absolute Gasteiger partial charge is 0.374 e. The molecule has 1 fully saturated rings. The molecule has 0 N–H and O–H groups in total. The number of furan rings is 1. The molecule has 7 nitrogen and oxygen atoms in total. The van der Waals surface area contributed by atoms with Crippen LogP contribution in [-0.2, 0) is 14.8 Å². The van der Waals surface area contributed by atoms with E-state index in [2.05, 4.69) is 0 Å². The second-order valence-corrected chi connectivity index (χ2v) is 9.37. The summed E-state index contributed by atoms with van der Waals surface area (Å²) in [5.74, 6) is 0.276. The Bertz CT molecular complexity index is 1210. The predicted octanol–water partition coefficient (Wildman–Crippen LogP) is 4.45. The van der Waals surface area contributed by atoms with Crippen molar-refractivity contribution in [3.63, 3.8) is 0 Å².